The zero-order valence-electron chi connectivity index (χ0n) is 7.26. The summed E-state index contributed by atoms with van der Waals surface area (Å²) < 4.78 is 5.45. The minimum absolute atomic E-state index is 0.0316. The molecule has 2 aliphatic rings. The molecule has 13 heavy (non-hydrogen) atoms. The lowest BCUT2D eigenvalue weighted by Crippen LogP contribution is -2.52. The van der Waals surface area contributed by atoms with Crippen LogP contribution in [0.1, 0.15) is 6.42 Å². The Bertz CT molecular complexity index is 206. The van der Waals surface area contributed by atoms with E-state index in [2.05, 4.69) is 0 Å². The smallest absolute Gasteiger partial charge is 0.113 e. The molecule has 0 saturated carbocycles. The van der Waals surface area contributed by atoms with Crippen molar-refractivity contribution >= 4 is 0 Å². The van der Waals surface area contributed by atoms with Crippen LogP contribution in [-0.2, 0) is 4.74 Å². The van der Waals surface area contributed by atoms with Gasteiger partial charge in [0, 0.05) is 19.1 Å². The van der Waals surface area contributed by atoms with Crippen LogP contribution in [0.5, 0.6) is 0 Å². The quantitative estimate of drug-likeness (QED) is 0.396. The Kier molecular flexibility index (Phi) is 2.08. The first kappa shape index (κ1) is 9.36. The van der Waals surface area contributed by atoms with Gasteiger partial charge in [-0.05, 0) is 6.42 Å². The van der Waals surface area contributed by atoms with E-state index in [0.717, 1.165) is 0 Å². The molecule has 2 aliphatic heterocycles. The van der Waals surface area contributed by atoms with Gasteiger partial charge < -0.3 is 25.8 Å². The van der Waals surface area contributed by atoms with Gasteiger partial charge in [-0.15, -0.1) is 0 Å². The van der Waals surface area contributed by atoms with E-state index in [9.17, 15) is 10.2 Å². The van der Waals surface area contributed by atoms with E-state index in [4.69, 9.17) is 15.6 Å². The topological polar surface area (TPSA) is 95.9 Å². The van der Waals surface area contributed by atoms with Crippen LogP contribution in [0.4, 0.5) is 0 Å². The normalized spacial score (nSPS) is 54.5. The van der Waals surface area contributed by atoms with Crippen molar-refractivity contribution in [2.75, 3.05) is 13.2 Å². The molecular weight excluding hydrogens is 174 g/mol. The maximum absolute atomic E-state index is 9.62. The minimum atomic E-state index is -0.912. The molecule has 0 spiro atoms. The molecule has 5 N–H and O–H groups in total. The Labute approximate surface area is 76.1 Å². The first-order chi connectivity index (χ1) is 6.14. The molecule has 0 aromatic heterocycles. The zero-order chi connectivity index (χ0) is 9.64. The largest absolute Gasteiger partial charge is 0.396 e. The van der Waals surface area contributed by atoms with Gasteiger partial charge in [0.1, 0.15) is 17.8 Å². The molecule has 0 amide bonds. The molecule has 5 atom stereocenters. The average molecular weight is 189 g/mol. The van der Waals surface area contributed by atoms with E-state index in [1.807, 2.05) is 0 Å². The van der Waals surface area contributed by atoms with E-state index in [1.165, 1.54) is 0 Å². The highest BCUT2D eigenvalue weighted by molar-refractivity contribution is 5.11. The van der Waals surface area contributed by atoms with E-state index in [0.29, 0.717) is 6.42 Å². The molecule has 5 heteroatoms. The van der Waals surface area contributed by atoms with Crippen LogP contribution in [0, 0.1) is 5.92 Å². The molecule has 1 unspecified atom stereocenters. The molecule has 2 rings (SSSR count). The molecular formula is C8H15NO4. The first-order valence-corrected chi connectivity index (χ1v) is 4.49. The van der Waals surface area contributed by atoms with Gasteiger partial charge in [0.05, 0.1) is 6.10 Å². The highest BCUT2D eigenvalue weighted by atomic mass is 16.6. The van der Waals surface area contributed by atoms with Gasteiger partial charge in [-0.25, -0.2) is 0 Å². The van der Waals surface area contributed by atoms with Gasteiger partial charge >= 0.3 is 0 Å². The molecule has 0 aliphatic carbocycles. The number of fused-ring (bicyclic) bond motifs is 2. The van der Waals surface area contributed by atoms with Crippen molar-refractivity contribution < 1.29 is 20.1 Å². The molecule has 2 saturated heterocycles. The maximum atomic E-state index is 9.62. The number of hydrogen-bond acceptors (Lipinski definition) is 5. The van der Waals surface area contributed by atoms with Crippen LogP contribution in [0.2, 0.25) is 0 Å². The fourth-order valence-electron chi connectivity index (χ4n) is 2.43. The van der Waals surface area contributed by atoms with Crippen molar-refractivity contribution in [3.8, 4) is 0 Å². The molecule has 5 nitrogen and oxygen atoms in total. The number of rotatable bonds is 2. The number of hydrogen-bond donors (Lipinski definition) is 4. The predicted molar refractivity (Wildman–Crippen MR) is 43.9 cm³/mol. The van der Waals surface area contributed by atoms with Crippen molar-refractivity contribution in [3.63, 3.8) is 0 Å². The Morgan fingerprint density at radius 3 is 2.62 bits per heavy atom. The van der Waals surface area contributed by atoms with Gasteiger partial charge in [-0.3, -0.25) is 0 Å². The maximum Gasteiger partial charge on any atom is 0.113 e. The van der Waals surface area contributed by atoms with Crippen LogP contribution in [0.15, 0.2) is 0 Å². The molecule has 76 valence electrons. The molecule has 0 aromatic carbocycles. The molecule has 0 radical (unpaired) electrons. The fourth-order valence-corrected chi connectivity index (χ4v) is 2.43. The summed E-state index contributed by atoms with van der Waals surface area (Å²) in [6.45, 7) is 0.147. The number of aliphatic hydroxyl groups is 3. The van der Waals surface area contributed by atoms with Crippen LogP contribution in [0.25, 0.3) is 0 Å². The molecule has 2 fully saturated rings. The summed E-state index contributed by atoms with van der Waals surface area (Å²) in [5, 5.41) is 28.1. The summed E-state index contributed by atoms with van der Waals surface area (Å²) in [5.41, 5.74) is 4.68. The Morgan fingerprint density at radius 1 is 1.46 bits per heavy atom. The lowest BCUT2D eigenvalue weighted by atomic mass is 9.78. The summed E-state index contributed by atoms with van der Waals surface area (Å²) in [5.74, 6) is -0.0954. The fraction of sp³-hybridized carbons (Fsp3) is 1.00. The Morgan fingerprint density at radius 2 is 2.15 bits per heavy atom. The van der Waals surface area contributed by atoms with E-state index in [-0.39, 0.29) is 19.1 Å². The second kappa shape index (κ2) is 2.90. The molecule has 2 heterocycles. The SMILES string of the molecule is NC[C@]12C[C@H](CO)C(O1)[C@H](O)[C@@H]2O. The van der Waals surface area contributed by atoms with Gasteiger partial charge in [-0.2, -0.15) is 0 Å². The Hall–Kier alpha value is -0.200. The third kappa shape index (κ3) is 1.05. The van der Waals surface area contributed by atoms with Crippen molar-refractivity contribution in [2.45, 2.75) is 30.3 Å². The van der Waals surface area contributed by atoms with Gasteiger partial charge in [0.2, 0.25) is 0 Å². The van der Waals surface area contributed by atoms with Crippen LogP contribution in [-0.4, -0.2) is 52.4 Å². The summed E-state index contributed by atoms with van der Waals surface area (Å²) >= 11 is 0. The van der Waals surface area contributed by atoms with E-state index in [1.54, 1.807) is 0 Å². The highest BCUT2D eigenvalue weighted by Crippen LogP contribution is 2.46. The Balaban J connectivity index is 2.22. The molecule has 0 aromatic rings. The van der Waals surface area contributed by atoms with E-state index >= 15 is 0 Å². The number of ether oxygens (including phenoxy) is 1. The lowest BCUT2D eigenvalue weighted by Gasteiger charge is -2.32. The van der Waals surface area contributed by atoms with Crippen molar-refractivity contribution in [1.82, 2.24) is 0 Å². The average Bonchev–Trinajstić information content (AvgIpc) is 2.64. The molecule has 2 bridgehead atoms. The first-order valence-electron chi connectivity index (χ1n) is 4.49. The van der Waals surface area contributed by atoms with Crippen molar-refractivity contribution in [2.24, 2.45) is 11.7 Å². The summed E-state index contributed by atoms with van der Waals surface area (Å²) in [6, 6.07) is 0. The van der Waals surface area contributed by atoms with Crippen LogP contribution >= 0.6 is 0 Å². The third-order valence-electron chi connectivity index (χ3n) is 3.22. The number of aliphatic hydroxyl groups excluding tert-OH is 3. The highest BCUT2D eigenvalue weighted by Gasteiger charge is 2.61. The standard InChI is InChI=1S/C8H15NO4/c9-3-8-1-4(2-10)6(13-8)5(11)7(8)12/h4-7,10-12H,1-3,9H2/t4-,5+,6?,7+,8+/m1/s1. The number of nitrogens with two attached hydrogens (primary N) is 1. The van der Waals surface area contributed by atoms with Crippen molar-refractivity contribution in [1.29, 1.82) is 0 Å². The predicted octanol–water partition coefficient (Wildman–Crippen LogP) is -2.18. The van der Waals surface area contributed by atoms with Gasteiger partial charge in [0.25, 0.3) is 0 Å². The third-order valence-corrected chi connectivity index (χ3v) is 3.22. The summed E-state index contributed by atoms with van der Waals surface area (Å²) in [6.07, 6.45) is -1.74. The van der Waals surface area contributed by atoms with E-state index < -0.39 is 23.9 Å². The summed E-state index contributed by atoms with van der Waals surface area (Å²) in [4.78, 5) is 0. The monoisotopic (exact) mass is 189 g/mol. The van der Waals surface area contributed by atoms with Gasteiger partial charge in [-0.1, -0.05) is 0 Å². The van der Waals surface area contributed by atoms with Crippen LogP contribution in [0.3, 0.4) is 0 Å². The zero-order valence-corrected chi connectivity index (χ0v) is 7.26. The van der Waals surface area contributed by atoms with Gasteiger partial charge in [0.15, 0.2) is 0 Å². The van der Waals surface area contributed by atoms with Crippen LogP contribution < -0.4 is 5.73 Å². The second-order valence-corrected chi connectivity index (χ2v) is 3.93. The second-order valence-electron chi connectivity index (χ2n) is 3.93. The van der Waals surface area contributed by atoms with Crippen molar-refractivity contribution in [3.05, 3.63) is 0 Å². The summed E-state index contributed by atoms with van der Waals surface area (Å²) in [7, 11) is 0. The minimum Gasteiger partial charge on any atom is -0.396 e. The lowest BCUT2D eigenvalue weighted by molar-refractivity contribution is -0.0478.